The van der Waals surface area contributed by atoms with E-state index in [2.05, 4.69) is 4.98 Å². The first-order chi connectivity index (χ1) is 7.16. The van der Waals surface area contributed by atoms with Crippen LogP contribution < -0.4 is 5.73 Å². The molecule has 0 aliphatic rings. The number of hydrogen-bond donors (Lipinski definition) is 1. The van der Waals surface area contributed by atoms with Gasteiger partial charge in [0.05, 0.1) is 6.61 Å². The van der Waals surface area contributed by atoms with Crippen LogP contribution in [0.3, 0.4) is 0 Å². The number of aromatic nitrogens is 1. The molecule has 0 radical (unpaired) electrons. The Bertz CT molecular complexity index is 390. The first-order valence-corrected chi connectivity index (χ1v) is 4.21. The van der Waals surface area contributed by atoms with Crippen LogP contribution >= 0.6 is 0 Å². The van der Waals surface area contributed by atoms with Gasteiger partial charge in [0, 0.05) is 12.7 Å². The average molecular weight is 209 g/mol. The van der Waals surface area contributed by atoms with Crippen LogP contribution in [0.1, 0.15) is 5.56 Å². The Hall–Kier alpha value is -1.95. The number of nitrogens with two attached hydrogens (primary N) is 1. The number of nitro groups is 1. The summed E-state index contributed by atoms with van der Waals surface area (Å²) in [6, 6.07) is 1.61. The van der Waals surface area contributed by atoms with Crippen molar-refractivity contribution in [2.75, 3.05) is 19.5 Å². The predicted octanol–water partition coefficient (Wildman–Crippen LogP) is 1.23. The van der Waals surface area contributed by atoms with E-state index >= 15 is 0 Å². The van der Waals surface area contributed by atoms with E-state index in [1.54, 1.807) is 25.3 Å². The molecule has 0 spiro atoms. The zero-order chi connectivity index (χ0) is 11.3. The van der Waals surface area contributed by atoms with Crippen molar-refractivity contribution in [3.8, 4) is 0 Å². The molecule has 0 aromatic carbocycles. The van der Waals surface area contributed by atoms with E-state index in [0.29, 0.717) is 12.2 Å². The van der Waals surface area contributed by atoms with E-state index in [-0.39, 0.29) is 11.5 Å². The van der Waals surface area contributed by atoms with Crippen molar-refractivity contribution < 1.29 is 9.66 Å². The summed E-state index contributed by atoms with van der Waals surface area (Å²) in [6.45, 7) is 0.426. The molecule has 0 bridgehead atoms. The third-order valence-electron chi connectivity index (χ3n) is 1.74. The SMILES string of the molecule is COCC=Cc1ccnc([N+](=O)[O-])c1N. The lowest BCUT2D eigenvalue weighted by Gasteiger charge is -1.99. The van der Waals surface area contributed by atoms with Gasteiger partial charge in [-0.05, 0) is 16.0 Å². The van der Waals surface area contributed by atoms with Gasteiger partial charge >= 0.3 is 5.82 Å². The van der Waals surface area contributed by atoms with E-state index in [0.717, 1.165) is 0 Å². The van der Waals surface area contributed by atoms with Crippen molar-refractivity contribution >= 4 is 17.6 Å². The molecule has 1 aromatic heterocycles. The monoisotopic (exact) mass is 209 g/mol. The van der Waals surface area contributed by atoms with Gasteiger partial charge in [-0.1, -0.05) is 12.2 Å². The number of pyridine rings is 1. The predicted molar refractivity (Wildman–Crippen MR) is 56.2 cm³/mol. The Morgan fingerprint density at radius 2 is 2.47 bits per heavy atom. The maximum absolute atomic E-state index is 10.5. The highest BCUT2D eigenvalue weighted by atomic mass is 16.6. The molecule has 0 fully saturated rings. The van der Waals surface area contributed by atoms with Gasteiger partial charge in [-0.3, -0.25) is 0 Å². The van der Waals surface area contributed by atoms with E-state index in [1.165, 1.54) is 6.20 Å². The molecular weight excluding hydrogens is 198 g/mol. The number of nitrogen functional groups attached to an aromatic ring is 1. The molecule has 1 heterocycles. The van der Waals surface area contributed by atoms with Crippen molar-refractivity contribution in [2.24, 2.45) is 0 Å². The number of nitrogens with zero attached hydrogens (tertiary/aromatic N) is 2. The van der Waals surface area contributed by atoms with E-state index in [1.807, 2.05) is 0 Å². The lowest BCUT2D eigenvalue weighted by Crippen LogP contribution is -2.00. The quantitative estimate of drug-likeness (QED) is 0.594. The first kappa shape index (κ1) is 11.1. The largest absolute Gasteiger partial charge is 0.391 e. The van der Waals surface area contributed by atoms with Crippen LogP contribution in [-0.4, -0.2) is 23.6 Å². The maximum atomic E-state index is 10.5. The molecule has 6 nitrogen and oxygen atoms in total. The van der Waals surface area contributed by atoms with Gasteiger partial charge in [-0.2, -0.15) is 0 Å². The second-order valence-corrected chi connectivity index (χ2v) is 2.75. The summed E-state index contributed by atoms with van der Waals surface area (Å²) in [5.74, 6) is -0.324. The molecule has 0 saturated carbocycles. The first-order valence-electron chi connectivity index (χ1n) is 4.21. The van der Waals surface area contributed by atoms with Gasteiger partial charge < -0.3 is 20.6 Å². The Morgan fingerprint density at radius 3 is 3.07 bits per heavy atom. The van der Waals surface area contributed by atoms with Crippen LogP contribution in [0.25, 0.3) is 6.08 Å². The smallest absolute Gasteiger partial charge is 0.387 e. The molecule has 6 heteroatoms. The fraction of sp³-hybridized carbons (Fsp3) is 0.222. The van der Waals surface area contributed by atoms with Crippen LogP contribution in [-0.2, 0) is 4.74 Å². The zero-order valence-corrected chi connectivity index (χ0v) is 8.21. The molecule has 80 valence electrons. The van der Waals surface area contributed by atoms with Gasteiger partial charge in [0.1, 0.15) is 11.9 Å². The lowest BCUT2D eigenvalue weighted by atomic mass is 10.2. The van der Waals surface area contributed by atoms with Crippen molar-refractivity contribution in [1.29, 1.82) is 0 Å². The third kappa shape index (κ3) is 2.75. The third-order valence-corrected chi connectivity index (χ3v) is 1.74. The Balaban J connectivity index is 2.99. The Kier molecular flexibility index (Phi) is 3.75. The molecule has 0 aliphatic carbocycles. The molecule has 0 unspecified atom stereocenters. The number of hydrogen-bond acceptors (Lipinski definition) is 5. The van der Waals surface area contributed by atoms with Crippen LogP contribution in [0.15, 0.2) is 18.3 Å². The van der Waals surface area contributed by atoms with Crippen LogP contribution in [0.4, 0.5) is 11.5 Å². The van der Waals surface area contributed by atoms with Gasteiger partial charge in [0.25, 0.3) is 0 Å². The van der Waals surface area contributed by atoms with E-state index in [9.17, 15) is 10.1 Å². The molecule has 0 aliphatic heterocycles. The fourth-order valence-corrected chi connectivity index (χ4v) is 1.04. The Morgan fingerprint density at radius 1 is 1.73 bits per heavy atom. The van der Waals surface area contributed by atoms with Gasteiger partial charge in [-0.15, -0.1) is 0 Å². The highest BCUT2D eigenvalue weighted by molar-refractivity contribution is 5.70. The molecule has 0 atom stereocenters. The fourth-order valence-electron chi connectivity index (χ4n) is 1.04. The molecular formula is C9H11N3O3. The zero-order valence-electron chi connectivity index (χ0n) is 8.21. The minimum atomic E-state index is -0.608. The topological polar surface area (TPSA) is 91.3 Å². The molecule has 0 saturated heterocycles. The normalized spacial score (nSPS) is 10.7. The highest BCUT2D eigenvalue weighted by Gasteiger charge is 2.14. The van der Waals surface area contributed by atoms with Crippen LogP contribution in [0, 0.1) is 10.1 Å². The minimum Gasteiger partial charge on any atom is -0.391 e. The van der Waals surface area contributed by atoms with Crippen LogP contribution in [0.2, 0.25) is 0 Å². The van der Waals surface area contributed by atoms with Gasteiger partial charge in [0.2, 0.25) is 0 Å². The van der Waals surface area contributed by atoms with E-state index in [4.69, 9.17) is 10.5 Å². The number of methoxy groups -OCH3 is 1. The maximum Gasteiger partial charge on any atom is 0.387 e. The van der Waals surface area contributed by atoms with Crippen molar-refractivity contribution in [3.63, 3.8) is 0 Å². The van der Waals surface area contributed by atoms with Crippen molar-refractivity contribution in [2.45, 2.75) is 0 Å². The second-order valence-electron chi connectivity index (χ2n) is 2.75. The number of anilines is 1. The molecule has 1 aromatic rings. The summed E-state index contributed by atoms with van der Waals surface area (Å²) >= 11 is 0. The standard InChI is InChI=1S/C9H11N3O3/c1-15-6-2-3-7-4-5-11-9(8(7)10)12(13)14/h2-5H,6,10H2,1H3. The number of ether oxygens (including phenoxy) is 1. The summed E-state index contributed by atoms with van der Waals surface area (Å²) in [5, 5.41) is 10.5. The van der Waals surface area contributed by atoms with Crippen molar-refractivity contribution in [1.82, 2.24) is 4.98 Å². The number of rotatable bonds is 4. The molecule has 15 heavy (non-hydrogen) atoms. The van der Waals surface area contributed by atoms with Gasteiger partial charge in [-0.25, -0.2) is 0 Å². The molecule has 1 rings (SSSR count). The summed E-state index contributed by atoms with van der Waals surface area (Å²) in [4.78, 5) is 13.5. The summed E-state index contributed by atoms with van der Waals surface area (Å²) in [6.07, 6.45) is 4.73. The lowest BCUT2D eigenvalue weighted by molar-refractivity contribution is -0.388. The average Bonchev–Trinajstić information content (AvgIpc) is 2.20. The van der Waals surface area contributed by atoms with Crippen molar-refractivity contribution in [3.05, 3.63) is 34.0 Å². The Labute approximate surface area is 86.5 Å². The van der Waals surface area contributed by atoms with Crippen LogP contribution in [0.5, 0.6) is 0 Å². The summed E-state index contributed by atoms with van der Waals surface area (Å²) in [7, 11) is 1.56. The summed E-state index contributed by atoms with van der Waals surface area (Å²) < 4.78 is 4.80. The van der Waals surface area contributed by atoms with Gasteiger partial charge in [0.15, 0.2) is 0 Å². The molecule has 2 N–H and O–H groups in total. The van der Waals surface area contributed by atoms with E-state index < -0.39 is 4.92 Å². The second kappa shape index (κ2) is 5.06. The molecule has 0 amide bonds. The minimum absolute atomic E-state index is 0.0647. The summed E-state index contributed by atoms with van der Waals surface area (Å²) in [5.41, 5.74) is 6.20. The highest BCUT2D eigenvalue weighted by Crippen LogP contribution is 2.22.